The second kappa shape index (κ2) is 9.89. The number of nitro benzene ring substituents is 1. The Kier molecular flexibility index (Phi) is 7.57. The van der Waals surface area contributed by atoms with Crippen LogP contribution in [0.2, 0.25) is 10.0 Å². The Hall–Kier alpha value is -2.64. The SMILES string of the molecule is O=C(CCc1ccc(Cl)cc1)OCCNC(=O)c1ccc([N+](=O)[O-])cc1Cl. The van der Waals surface area contributed by atoms with E-state index in [9.17, 15) is 19.7 Å². The minimum atomic E-state index is -0.600. The number of amides is 1. The maximum atomic E-state index is 12.0. The van der Waals surface area contributed by atoms with Crippen LogP contribution in [0.3, 0.4) is 0 Å². The van der Waals surface area contributed by atoms with Gasteiger partial charge in [-0.15, -0.1) is 0 Å². The highest BCUT2D eigenvalue weighted by Crippen LogP contribution is 2.22. The number of hydrogen-bond donors (Lipinski definition) is 1. The third-order valence-corrected chi connectivity index (χ3v) is 4.15. The van der Waals surface area contributed by atoms with Crippen LogP contribution in [0.4, 0.5) is 5.69 Å². The van der Waals surface area contributed by atoms with Gasteiger partial charge in [-0.3, -0.25) is 19.7 Å². The van der Waals surface area contributed by atoms with Gasteiger partial charge in [0.1, 0.15) is 6.61 Å². The van der Waals surface area contributed by atoms with Crippen molar-refractivity contribution in [2.45, 2.75) is 12.8 Å². The van der Waals surface area contributed by atoms with Gasteiger partial charge in [0.05, 0.1) is 22.1 Å². The highest BCUT2D eigenvalue weighted by molar-refractivity contribution is 6.34. The average molecular weight is 411 g/mol. The minimum Gasteiger partial charge on any atom is -0.464 e. The molecule has 0 aliphatic heterocycles. The molecule has 1 N–H and O–H groups in total. The van der Waals surface area contributed by atoms with Crippen molar-refractivity contribution < 1.29 is 19.2 Å². The van der Waals surface area contributed by atoms with Gasteiger partial charge in [-0.2, -0.15) is 0 Å². The van der Waals surface area contributed by atoms with Crippen molar-refractivity contribution >= 4 is 40.8 Å². The molecule has 0 atom stereocenters. The van der Waals surface area contributed by atoms with Crippen LogP contribution in [0, 0.1) is 10.1 Å². The zero-order chi connectivity index (χ0) is 19.8. The Morgan fingerprint density at radius 2 is 1.81 bits per heavy atom. The number of esters is 1. The lowest BCUT2D eigenvalue weighted by Crippen LogP contribution is -2.28. The van der Waals surface area contributed by atoms with Crippen LogP contribution in [0.1, 0.15) is 22.3 Å². The largest absolute Gasteiger partial charge is 0.464 e. The molecule has 1 amide bonds. The number of carbonyl (C=O) groups is 2. The van der Waals surface area contributed by atoms with E-state index in [1.54, 1.807) is 12.1 Å². The van der Waals surface area contributed by atoms with E-state index in [0.717, 1.165) is 11.6 Å². The predicted octanol–water partition coefficient (Wildman–Crippen LogP) is 3.81. The van der Waals surface area contributed by atoms with E-state index >= 15 is 0 Å². The first-order chi connectivity index (χ1) is 12.9. The lowest BCUT2D eigenvalue weighted by molar-refractivity contribution is -0.384. The summed E-state index contributed by atoms with van der Waals surface area (Å²) in [6.07, 6.45) is 0.741. The van der Waals surface area contributed by atoms with Crippen LogP contribution in [0.25, 0.3) is 0 Å². The summed E-state index contributed by atoms with van der Waals surface area (Å²) in [6, 6.07) is 10.7. The maximum Gasteiger partial charge on any atom is 0.306 e. The van der Waals surface area contributed by atoms with E-state index < -0.39 is 10.8 Å². The van der Waals surface area contributed by atoms with Crippen molar-refractivity contribution in [2.75, 3.05) is 13.2 Å². The molecule has 9 heteroatoms. The van der Waals surface area contributed by atoms with Crippen molar-refractivity contribution in [3.63, 3.8) is 0 Å². The lowest BCUT2D eigenvalue weighted by Gasteiger charge is -2.08. The van der Waals surface area contributed by atoms with Gasteiger partial charge in [-0.1, -0.05) is 35.3 Å². The van der Waals surface area contributed by atoms with Crippen LogP contribution >= 0.6 is 23.2 Å². The number of halogens is 2. The van der Waals surface area contributed by atoms with Crippen molar-refractivity contribution in [3.05, 3.63) is 73.8 Å². The van der Waals surface area contributed by atoms with Gasteiger partial charge in [0, 0.05) is 23.6 Å². The van der Waals surface area contributed by atoms with E-state index in [-0.39, 0.29) is 41.8 Å². The molecule has 0 aliphatic carbocycles. The molecule has 0 saturated carbocycles. The fraction of sp³-hybridized carbons (Fsp3) is 0.222. The highest BCUT2D eigenvalue weighted by Gasteiger charge is 2.14. The molecule has 0 fully saturated rings. The van der Waals surface area contributed by atoms with Crippen LogP contribution in [0.15, 0.2) is 42.5 Å². The van der Waals surface area contributed by atoms with Gasteiger partial charge >= 0.3 is 5.97 Å². The monoisotopic (exact) mass is 410 g/mol. The number of nitrogens with zero attached hydrogens (tertiary/aromatic N) is 1. The van der Waals surface area contributed by atoms with Crippen LogP contribution in [-0.4, -0.2) is 30.0 Å². The molecular formula is C18H16Cl2N2O5. The van der Waals surface area contributed by atoms with Crippen molar-refractivity contribution in [1.82, 2.24) is 5.32 Å². The molecular weight excluding hydrogens is 395 g/mol. The van der Waals surface area contributed by atoms with Gasteiger partial charge in [0.2, 0.25) is 0 Å². The van der Waals surface area contributed by atoms with Gasteiger partial charge in [-0.05, 0) is 30.2 Å². The fourth-order valence-corrected chi connectivity index (χ4v) is 2.58. The quantitative estimate of drug-likeness (QED) is 0.308. The Morgan fingerprint density at radius 3 is 2.44 bits per heavy atom. The first-order valence-electron chi connectivity index (χ1n) is 7.99. The molecule has 2 rings (SSSR count). The van der Waals surface area contributed by atoms with Gasteiger partial charge in [-0.25, -0.2) is 0 Å². The minimum absolute atomic E-state index is 0.00971. The topological polar surface area (TPSA) is 98.5 Å². The Balaban J connectivity index is 1.71. The summed E-state index contributed by atoms with van der Waals surface area (Å²) in [5, 5.41) is 13.8. The third-order valence-electron chi connectivity index (χ3n) is 3.59. The number of ether oxygens (including phenoxy) is 1. The molecule has 0 radical (unpaired) electrons. The van der Waals surface area contributed by atoms with Crippen LogP contribution in [0.5, 0.6) is 0 Å². The van der Waals surface area contributed by atoms with Crippen molar-refractivity contribution in [3.8, 4) is 0 Å². The number of carbonyl (C=O) groups excluding carboxylic acids is 2. The van der Waals surface area contributed by atoms with Gasteiger partial charge in [0.15, 0.2) is 0 Å². The molecule has 142 valence electrons. The van der Waals surface area contributed by atoms with E-state index in [4.69, 9.17) is 27.9 Å². The molecule has 0 aliphatic rings. The summed E-state index contributed by atoms with van der Waals surface area (Å²) in [5.74, 6) is -0.889. The second-order valence-electron chi connectivity index (χ2n) is 5.52. The smallest absolute Gasteiger partial charge is 0.306 e. The Labute approximate surface area is 165 Å². The van der Waals surface area contributed by atoms with Crippen LogP contribution in [-0.2, 0) is 16.0 Å². The molecule has 7 nitrogen and oxygen atoms in total. The number of aryl methyl sites for hydroxylation is 1. The Bertz CT molecular complexity index is 840. The van der Waals surface area contributed by atoms with E-state index in [0.29, 0.717) is 11.4 Å². The van der Waals surface area contributed by atoms with Crippen LogP contribution < -0.4 is 5.32 Å². The number of benzene rings is 2. The molecule has 2 aromatic carbocycles. The van der Waals surface area contributed by atoms with E-state index in [2.05, 4.69) is 5.32 Å². The second-order valence-corrected chi connectivity index (χ2v) is 6.37. The predicted molar refractivity (Wildman–Crippen MR) is 101 cm³/mol. The molecule has 2 aromatic rings. The Morgan fingerprint density at radius 1 is 1.11 bits per heavy atom. The normalized spacial score (nSPS) is 10.3. The maximum absolute atomic E-state index is 12.0. The molecule has 0 aromatic heterocycles. The number of nitro groups is 1. The first kappa shape index (κ1) is 20.7. The summed E-state index contributed by atoms with van der Waals surface area (Å²) >= 11 is 11.7. The molecule has 0 bridgehead atoms. The standard InChI is InChI=1S/C18H16Cl2N2O5/c19-13-4-1-12(2-5-13)3-8-17(23)27-10-9-21-18(24)15-7-6-14(22(25)26)11-16(15)20/h1-2,4-7,11H,3,8-10H2,(H,21,24). The fourth-order valence-electron chi connectivity index (χ4n) is 2.20. The summed E-state index contributed by atoms with van der Waals surface area (Å²) < 4.78 is 5.05. The summed E-state index contributed by atoms with van der Waals surface area (Å²) in [5.41, 5.74) is 0.875. The zero-order valence-corrected chi connectivity index (χ0v) is 15.6. The van der Waals surface area contributed by atoms with Gasteiger partial charge < -0.3 is 10.1 Å². The highest BCUT2D eigenvalue weighted by atomic mass is 35.5. The first-order valence-corrected chi connectivity index (χ1v) is 8.74. The molecule has 0 unspecified atom stereocenters. The molecule has 0 saturated heterocycles. The van der Waals surface area contributed by atoms with Crippen molar-refractivity contribution in [1.29, 1.82) is 0 Å². The van der Waals surface area contributed by atoms with E-state index in [1.807, 2.05) is 12.1 Å². The van der Waals surface area contributed by atoms with E-state index in [1.165, 1.54) is 12.1 Å². The number of hydrogen-bond acceptors (Lipinski definition) is 5. The molecule has 0 spiro atoms. The number of non-ortho nitro benzene ring substituents is 1. The number of rotatable bonds is 8. The number of nitrogens with one attached hydrogen (secondary N) is 1. The summed E-state index contributed by atoms with van der Waals surface area (Å²) in [4.78, 5) is 33.8. The molecule has 0 heterocycles. The summed E-state index contributed by atoms with van der Waals surface area (Å²) in [7, 11) is 0. The summed E-state index contributed by atoms with van der Waals surface area (Å²) in [6.45, 7) is 0.106. The average Bonchev–Trinajstić information content (AvgIpc) is 2.64. The lowest BCUT2D eigenvalue weighted by atomic mass is 10.1. The zero-order valence-electron chi connectivity index (χ0n) is 14.1. The molecule has 27 heavy (non-hydrogen) atoms. The van der Waals surface area contributed by atoms with Gasteiger partial charge in [0.25, 0.3) is 11.6 Å². The van der Waals surface area contributed by atoms with Crippen molar-refractivity contribution in [2.24, 2.45) is 0 Å². The third kappa shape index (κ3) is 6.54.